The van der Waals surface area contributed by atoms with E-state index in [0.29, 0.717) is 25.2 Å². The van der Waals surface area contributed by atoms with Crippen molar-refractivity contribution in [3.05, 3.63) is 119 Å². The van der Waals surface area contributed by atoms with E-state index in [1.807, 2.05) is 55.5 Å². The number of nitrogens with zero attached hydrogens (tertiary/aromatic N) is 4. The Balaban J connectivity index is 1.59. The highest BCUT2D eigenvalue weighted by Gasteiger charge is 2.36. The second kappa shape index (κ2) is 9.97. The quantitative estimate of drug-likeness (QED) is 0.361. The highest BCUT2D eigenvalue weighted by atomic mass is 32.2. The summed E-state index contributed by atoms with van der Waals surface area (Å²) in [6.45, 7) is 10.8. The lowest BCUT2D eigenvalue weighted by atomic mass is 9.96. The molecule has 1 atom stereocenters. The third-order valence-electron chi connectivity index (χ3n) is 6.68. The van der Waals surface area contributed by atoms with Crippen molar-refractivity contribution >= 4 is 21.4 Å². The number of anilines is 1. The van der Waals surface area contributed by atoms with Gasteiger partial charge in [-0.05, 0) is 48.2 Å². The van der Waals surface area contributed by atoms with Crippen LogP contribution in [0.2, 0.25) is 0 Å². The Hall–Kier alpha value is -3.93. The van der Waals surface area contributed by atoms with E-state index in [1.54, 1.807) is 41.1 Å². The van der Waals surface area contributed by atoms with Crippen LogP contribution in [0.1, 0.15) is 22.4 Å². The molecule has 36 heavy (non-hydrogen) atoms. The van der Waals surface area contributed by atoms with Crippen molar-refractivity contribution in [1.82, 2.24) is 14.3 Å². The van der Waals surface area contributed by atoms with Gasteiger partial charge in [-0.3, -0.25) is 0 Å². The Morgan fingerprint density at radius 3 is 2.61 bits per heavy atom. The largest absolute Gasteiger partial charge is 0.364 e. The lowest BCUT2D eigenvalue weighted by molar-refractivity contribution is 0.302. The molecule has 4 aromatic rings. The van der Waals surface area contributed by atoms with Gasteiger partial charge in [-0.25, -0.2) is 18.2 Å². The summed E-state index contributed by atoms with van der Waals surface area (Å²) in [7, 11) is -3.79. The van der Waals surface area contributed by atoms with Crippen molar-refractivity contribution in [2.24, 2.45) is 0 Å². The molecule has 1 unspecified atom stereocenters. The summed E-state index contributed by atoms with van der Waals surface area (Å²) >= 11 is 0. The van der Waals surface area contributed by atoms with Crippen LogP contribution in [0.25, 0.3) is 4.85 Å². The highest BCUT2D eigenvalue weighted by molar-refractivity contribution is 7.89. The zero-order valence-electron chi connectivity index (χ0n) is 20.0. The second-order valence-corrected chi connectivity index (χ2v) is 10.9. The van der Waals surface area contributed by atoms with E-state index >= 15 is 0 Å². The van der Waals surface area contributed by atoms with Crippen LogP contribution in [0.4, 0.5) is 11.4 Å². The Kier molecular flexibility index (Phi) is 6.59. The molecule has 0 aliphatic carbocycles. The molecule has 1 aliphatic rings. The fourth-order valence-electron chi connectivity index (χ4n) is 4.80. The lowest BCUT2D eigenvalue weighted by Crippen LogP contribution is -2.50. The maximum absolute atomic E-state index is 14.0. The molecule has 7 nitrogen and oxygen atoms in total. The van der Waals surface area contributed by atoms with Crippen molar-refractivity contribution in [2.45, 2.75) is 37.4 Å². The SMILES string of the molecule is [C-]#[N+]c1ccc2c(c1)CC(N(Cc1ccccc1C)S(=O)(=O)c1ccccc1)CN2Cc1cnc[nH]1. The van der Waals surface area contributed by atoms with E-state index in [1.165, 1.54) is 0 Å². The number of fused-ring (bicyclic) bond motifs is 1. The molecule has 3 aromatic carbocycles. The Bertz CT molecular complexity index is 1490. The fourth-order valence-corrected chi connectivity index (χ4v) is 6.41. The molecule has 0 spiro atoms. The van der Waals surface area contributed by atoms with Gasteiger partial charge in [0.25, 0.3) is 0 Å². The number of sulfonamides is 1. The number of aromatic nitrogens is 2. The van der Waals surface area contributed by atoms with Crippen LogP contribution >= 0.6 is 0 Å². The predicted octanol–water partition coefficient (Wildman–Crippen LogP) is 5.09. The molecular weight excluding hydrogens is 470 g/mol. The number of aryl methyl sites for hydroxylation is 1. The maximum Gasteiger partial charge on any atom is 0.243 e. The van der Waals surface area contributed by atoms with Gasteiger partial charge in [0.2, 0.25) is 10.0 Å². The molecule has 8 heteroatoms. The number of aromatic amines is 1. The molecular formula is C28H27N5O2S. The Labute approximate surface area is 211 Å². The van der Waals surface area contributed by atoms with Crippen LogP contribution < -0.4 is 4.90 Å². The third-order valence-corrected chi connectivity index (χ3v) is 8.59. The molecule has 2 heterocycles. The Morgan fingerprint density at radius 2 is 1.89 bits per heavy atom. The number of hydrogen-bond acceptors (Lipinski definition) is 4. The summed E-state index contributed by atoms with van der Waals surface area (Å²) in [6, 6.07) is 21.9. The van der Waals surface area contributed by atoms with E-state index in [4.69, 9.17) is 6.57 Å². The number of rotatable bonds is 7. The molecule has 0 saturated carbocycles. The normalized spacial score (nSPS) is 15.5. The van der Waals surface area contributed by atoms with Crippen LogP contribution in [0.5, 0.6) is 0 Å². The maximum atomic E-state index is 14.0. The predicted molar refractivity (Wildman–Crippen MR) is 140 cm³/mol. The van der Waals surface area contributed by atoms with Gasteiger partial charge in [0.15, 0.2) is 5.69 Å². The van der Waals surface area contributed by atoms with Gasteiger partial charge in [-0.2, -0.15) is 4.31 Å². The zero-order valence-corrected chi connectivity index (χ0v) is 20.8. The van der Waals surface area contributed by atoms with Crippen LogP contribution in [-0.4, -0.2) is 35.3 Å². The minimum Gasteiger partial charge on any atom is -0.364 e. The number of hydrogen-bond donors (Lipinski definition) is 1. The summed E-state index contributed by atoms with van der Waals surface area (Å²) in [6.07, 6.45) is 3.95. The lowest BCUT2D eigenvalue weighted by Gasteiger charge is -2.41. The van der Waals surface area contributed by atoms with E-state index in [2.05, 4.69) is 19.7 Å². The first-order valence-electron chi connectivity index (χ1n) is 11.8. The van der Waals surface area contributed by atoms with Crippen LogP contribution in [0, 0.1) is 13.5 Å². The molecule has 5 rings (SSSR count). The van der Waals surface area contributed by atoms with Crippen molar-refractivity contribution in [3.63, 3.8) is 0 Å². The standard InChI is InChI=1S/C28H27N5O2S/c1-21-8-6-7-9-22(21)17-33(36(34,35)27-10-4-3-5-11-27)26-15-23-14-24(29-2)12-13-28(23)32(19-26)18-25-16-30-20-31-25/h3-14,16,20,26H,15,17-19H2,1H3,(H,30,31). The van der Waals surface area contributed by atoms with E-state index in [9.17, 15) is 8.42 Å². The van der Waals surface area contributed by atoms with Gasteiger partial charge in [0, 0.05) is 31.0 Å². The minimum absolute atomic E-state index is 0.268. The number of H-pyrrole nitrogens is 1. The van der Waals surface area contributed by atoms with Gasteiger partial charge in [0.05, 0.1) is 30.0 Å². The van der Waals surface area contributed by atoms with Crippen molar-refractivity contribution in [3.8, 4) is 0 Å². The van der Waals surface area contributed by atoms with E-state index < -0.39 is 10.0 Å². The number of benzene rings is 3. The molecule has 0 amide bonds. The minimum atomic E-state index is -3.79. The smallest absolute Gasteiger partial charge is 0.243 e. The molecule has 0 bridgehead atoms. The van der Waals surface area contributed by atoms with Crippen LogP contribution in [-0.2, 0) is 29.5 Å². The van der Waals surface area contributed by atoms with Crippen molar-refractivity contribution in [1.29, 1.82) is 0 Å². The first kappa shape index (κ1) is 23.8. The molecule has 1 N–H and O–H groups in total. The van der Waals surface area contributed by atoms with Gasteiger partial charge in [-0.1, -0.05) is 54.6 Å². The molecule has 1 aromatic heterocycles. The van der Waals surface area contributed by atoms with Crippen LogP contribution in [0.15, 0.2) is 90.2 Å². The fraction of sp³-hybridized carbons (Fsp3) is 0.214. The monoisotopic (exact) mass is 497 g/mol. The van der Waals surface area contributed by atoms with Gasteiger partial charge in [0.1, 0.15) is 0 Å². The molecule has 0 fully saturated rings. The highest BCUT2D eigenvalue weighted by Crippen LogP contribution is 2.35. The van der Waals surface area contributed by atoms with E-state index in [0.717, 1.165) is 28.1 Å². The number of nitrogens with one attached hydrogen (secondary N) is 1. The molecule has 0 saturated heterocycles. The first-order valence-corrected chi connectivity index (χ1v) is 13.2. The molecule has 1 aliphatic heterocycles. The third kappa shape index (κ3) is 4.76. The van der Waals surface area contributed by atoms with Gasteiger partial charge in [-0.15, -0.1) is 0 Å². The molecule has 182 valence electrons. The summed E-state index contributed by atoms with van der Waals surface area (Å²) in [4.78, 5) is 13.4. The summed E-state index contributed by atoms with van der Waals surface area (Å²) < 4.78 is 29.7. The molecule has 0 radical (unpaired) electrons. The zero-order chi connectivity index (χ0) is 25.1. The van der Waals surface area contributed by atoms with Crippen molar-refractivity contribution < 1.29 is 8.42 Å². The topological polar surface area (TPSA) is 73.7 Å². The first-order chi connectivity index (χ1) is 17.5. The summed E-state index contributed by atoms with van der Waals surface area (Å²) in [5, 5.41) is 0. The summed E-state index contributed by atoms with van der Waals surface area (Å²) in [5.41, 5.74) is 5.49. The van der Waals surface area contributed by atoms with Crippen LogP contribution in [0.3, 0.4) is 0 Å². The van der Waals surface area contributed by atoms with Crippen molar-refractivity contribution in [2.75, 3.05) is 11.4 Å². The van der Waals surface area contributed by atoms with Gasteiger partial charge >= 0.3 is 0 Å². The van der Waals surface area contributed by atoms with Gasteiger partial charge < -0.3 is 9.88 Å². The Morgan fingerprint density at radius 1 is 1.11 bits per heavy atom. The summed E-state index contributed by atoms with van der Waals surface area (Å²) in [5.74, 6) is 0. The average molecular weight is 498 g/mol. The number of imidazole rings is 1. The van der Waals surface area contributed by atoms with E-state index in [-0.39, 0.29) is 17.5 Å². The average Bonchev–Trinajstić information content (AvgIpc) is 3.41. The second-order valence-electron chi connectivity index (χ2n) is 9.03.